The van der Waals surface area contributed by atoms with Crippen molar-refractivity contribution in [3.05, 3.63) is 39.4 Å². The maximum atomic E-state index is 12.1. The van der Waals surface area contributed by atoms with Crippen LogP contribution in [0.5, 0.6) is 0 Å². The molecule has 1 aliphatic rings. The number of nitrogens with zero attached hydrogens (tertiary/aromatic N) is 1. The monoisotopic (exact) mass is 299 g/mol. The highest BCUT2D eigenvalue weighted by molar-refractivity contribution is 5.99. The van der Waals surface area contributed by atoms with Crippen molar-refractivity contribution in [3.63, 3.8) is 0 Å². The maximum absolute atomic E-state index is 12.1. The van der Waals surface area contributed by atoms with E-state index in [-0.39, 0.29) is 29.2 Å². The Morgan fingerprint density at radius 3 is 2.65 bits per heavy atom. The number of aryl methyl sites for hydroxylation is 1. The first-order chi connectivity index (χ1) is 8.93. The van der Waals surface area contributed by atoms with Gasteiger partial charge in [0.15, 0.2) is 0 Å². The normalized spacial score (nSPS) is 15.7. The van der Waals surface area contributed by atoms with Crippen LogP contribution in [-0.4, -0.2) is 22.9 Å². The quantitative estimate of drug-likeness (QED) is 0.655. The van der Waals surface area contributed by atoms with Gasteiger partial charge in [-0.05, 0) is 31.7 Å². The molecule has 0 bridgehead atoms. The summed E-state index contributed by atoms with van der Waals surface area (Å²) >= 11 is 0. The summed E-state index contributed by atoms with van der Waals surface area (Å²) in [4.78, 5) is 22.5. The predicted octanol–water partition coefficient (Wildman–Crippen LogP) is 1.94. The molecule has 6 nitrogen and oxygen atoms in total. The summed E-state index contributed by atoms with van der Waals surface area (Å²) < 4.78 is 0. The molecule has 0 heterocycles. The van der Waals surface area contributed by atoms with Crippen LogP contribution in [0.15, 0.2) is 18.2 Å². The first-order valence-corrected chi connectivity index (χ1v) is 6.24. The van der Waals surface area contributed by atoms with Gasteiger partial charge in [-0.25, -0.2) is 0 Å². The molecule has 20 heavy (non-hydrogen) atoms. The number of nitrogens with two attached hydrogens (primary N) is 1. The average Bonchev–Trinajstić information content (AvgIpc) is 2.33. The summed E-state index contributed by atoms with van der Waals surface area (Å²) in [5, 5.41) is 13.7. The van der Waals surface area contributed by atoms with Crippen molar-refractivity contribution in [2.24, 2.45) is 5.73 Å². The van der Waals surface area contributed by atoms with Crippen molar-refractivity contribution in [1.29, 1.82) is 0 Å². The lowest BCUT2D eigenvalue weighted by atomic mass is 9.78. The number of nitro benzene ring substituents is 1. The third-order valence-electron chi connectivity index (χ3n) is 3.62. The van der Waals surface area contributed by atoms with Crippen LogP contribution >= 0.6 is 12.4 Å². The molecule has 1 aromatic rings. The number of halogens is 1. The van der Waals surface area contributed by atoms with Crippen molar-refractivity contribution in [1.82, 2.24) is 5.32 Å². The second kappa shape index (κ2) is 6.19. The van der Waals surface area contributed by atoms with Crippen molar-refractivity contribution in [2.45, 2.75) is 31.7 Å². The Hall–Kier alpha value is -1.66. The molecule has 1 saturated carbocycles. The number of rotatable bonds is 4. The molecule has 110 valence electrons. The largest absolute Gasteiger partial charge is 0.350 e. The lowest BCUT2D eigenvalue weighted by Gasteiger charge is -2.38. The summed E-state index contributed by atoms with van der Waals surface area (Å²) in [7, 11) is 0. The van der Waals surface area contributed by atoms with Crippen molar-refractivity contribution in [3.8, 4) is 0 Å². The standard InChI is InChI=1S/C13H17N3O3.ClH/c1-9-4-2-5-10(16(18)19)11(9)12(17)15-8-13(14)6-3-7-13;/h2,4-5H,3,6-8,14H2,1H3,(H,15,17);1H. The van der Waals surface area contributed by atoms with Gasteiger partial charge in [0.25, 0.3) is 11.6 Å². The van der Waals surface area contributed by atoms with E-state index < -0.39 is 10.8 Å². The van der Waals surface area contributed by atoms with E-state index in [2.05, 4.69) is 5.32 Å². The topological polar surface area (TPSA) is 98.3 Å². The van der Waals surface area contributed by atoms with E-state index in [4.69, 9.17) is 5.73 Å². The molecule has 1 amide bonds. The Morgan fingerprint density at radius 2 is 2.15 bits per heavy atom. The highest BCUT2D eigenvalue weighted by atomic mass is 35.5. The van der Waals surface area contributed by atoms with Crippen molar-refractivity contribution < 1.29 is 9.72 Å². The smallest absolute Gasteiger partial charge is 0.282 e. The third kappa shape index (κ3) is 3.26. The summed E-state index contributed by atoms with van der Waals surface area (Å²) in [5.74, 6) is -0.429. The first kappa shape index (κ1) is 16.4. The Bertz CT molecular complexity index is 530. The molecule has 3 N–H and O–H groups in total. The number of carbonyl (C=O) groups excluding carboxylic acids is 1. The Morgan fingerprint density at radius 1 is 1.50 bits per heavy atom. The van der Waals surface area contributed by atoms with Gasteiger partial charge >= 0.3 is 0 Å². The number of nitro groups is 1. The SMILES string of the molecule is Cc1cccc([N+](=O)[O-])c1C(=O)NCC1(N)CCC1.Cl. The summed E-state index contributed by atoms with van der Waals surface area (Å²) in [6.45, 7) is 2.04. The highest BCUT2D eigenvalue weighted by Gasteiger charge is 2.33. The second-order valence-corrected chi connectivity index (χ2v) is 5.12. The fourth-order valence-corrected chi connectivity index (χ4v) is 2.25. The molecule has 0 atom stereocenters. The average molecular weight is 300 g/mol. The van der Waals surface area contributed by atoms with E-state index in [1.54, 1.807) is 19.1 Å². The fourth-order valence-electron chi connectivity index (χ4n) is 2.25. The summed E-state index contributed by atoms with van der Waals surface area (Å²) in [6, 6.07) is 4.59. The van der Waals surface area contributed by atoms with Gasteiger partial charge in [0.05, 0.1) is 4.92 Å². The minimum absolute atomic E-state index is 0. The van der Waals surface area contributed by atoms with Crippen LogP contribution in [0, 0.1) is 17.0 Å². The van der Waals surface area contributed by atoms with Crippen LogP contribution in [0.2, 0.25) is 0 Å². The predicted molar refractivity (Wildman–Crippen MR) is 78.2 cm³/mol. The number of hydrogen-bond acceptors (Lipinski definition) is 4. The van der Waals surface area contributed by atoms with Crippen molar-refractivity contribution >= 4 is 24.0 Å². The highest BCUT2D eigenvalue weighted by Crippen LogP contribution is 2.28. The molecule has 7 heteroatoms. The maximum Gasteiger partial charge on any atom is 0.282 e. The molecule has 0 spiro atoms. The molecule has 0 unspecified atom stereocenters. The molecule has 2 rings (SSSR count). The Kier molecular flexibility index (Phi) is 5.08. The Balaban J connectivity index is 0.00000200. The van der Waals surface area contributed by atoms with E-state index in [0.717, 1.165) is 19.3 Å². The van der Waals surface area contributed by atoms with Gasteiger partial charge < -0.3 is 11.1 Å². The van der Waals surface area contributed by atoms with Crippen LogP contribution in [0.25, 0.3) is 0 Å². The van der Waals surface area contributed by atoms with Crippen molar-refractivity contribution in [2.75, 3.05) is 6.54 Å². The fraction of sp³-hybridized carbons (Fsp3) is 0.462. The zero-order chi connectivity index (χ0) is 14.0. The minimum Gasteiger partial charge on any atom is -0.350 e. The second-order valence-electron chi connectivity index (χ2n) is 5.12. The van der Waals surface area contributed by atoms with Gasteiger partial charge in [-0.2, -0.15) is 0 Å². The number of nitrogens with one attached hydrogen (secondary N) is 1. The lowest BCUT2D eigenvalue weighted by Crippen LogP contribution is -2.55. The molecular formula is C13H18ClN3O3. The van der Waals surface area contributed by atoms with E-state index in [1.807, 2.05) is 0 Å². The van der Waals surface area contributed by atoms with E-state index >= 15 is 0 Å². The van der Waals surface area contributed by atoms with Crippen LogP contribution < -0.4 is 11.1 Å². The molecule has 0 saturated heterocycles. The van der Waals surface area contributed by atoms with Gasteiger partial charge in [0.2, 0.25) is 0 Å². The van der Waals surface area contributed by atoms with E-state index in [0.29, 0.717) is 12.1 Å². The van der Waals surface area contributed by atoms with Gasteiger partial charge in [-0.1, -0.05) is 12.1 Å². The molecule has 1 aliphatic carbocycles. The van der Waals surface area contributed by atoms with Crippen LogP contribution in [-0.2, 0) is 0 Å². The lowest BCUT2D eigenvalue weighted by molar-refractivity contribution is -0.385. The number of hydrogen-bond donors (Lipinski definition) is 2. The molecule has 0 aliphatic heterocycles. The third-order valence-corrected chi connectivity index (χ3v) is 3.62. The van der Waals surface area contributed by atoms with E-state index in [1.165, 1.54) is 6.07 Å². The number of carbonyl (C=O) groups is 1. The molecule has 1 fully saturated rings. The van der Waals surface area contributed by atoms with Gasteiger partial charge in [0, 0.05) is 18.2 Å². The van der Waals surface area contributed by atoms with Gasteiger partial charge in [0.1, 0.15) is 5.56 Å². The Labute approximate surface area is 123 Å². The molecule has 1 aromatic carbocycles. The van der Waals surface area contributed by atoms with Crippen LogP contribution in [0.4, 0.5) is 5.69 Å². The zero-order valence-corrected chi connectivity index (χ0v) is 12.0. The minimum atomic E-state index is -0.538. The molecule has 0 radical (unpaired) electrons. The number of amides is 1. The summed E-state index contributed by atoms with van der Waals surface area (Å²) in [5.41, 5.74) is 6.22. The van der Waals surface area contributed by atoms with Gasteiger partial charge in [-0.3, -0.25) is 14.9 Å². The molecular weight excluding hydrogens is 282 g/mol. The zero-order valence-electron chi connectivity index (χ0n) is 11.2. The first-order valence-electron chi connectivity index (χ1n) is 6.24. The van der Waals surface area contributed by atoms with Gasteiger partial charge in [-0.15, -0.1) is 12.4 Å². The van der Waals surface area contributed by atoms with Crippen LogP contribution in [0.3, 0.4) is 0 Å². The van der Waals surface area contributed by atoms with Crippen LogP contribution in [0.1, 0.15) is 35.2 Å². The summed E-state index contributed by atoms with van der Waals surface area (Å²) in [6.07, 6.45) is 2.82. The van der Waals surface area contributed by atoms with E-state index in [9.17, 15) is 14.9 Å². The molecule has 0 aromatic heterocycles. The number of benzene rings is 1.